The summed E-state index contributed by atoms with van der Waals surface area (Å²) in [4.78, 5) is 23.3. The van der Waals surface area contributed by atoms with Gasteiger partial charge < -0.3 is 19.7 Å². The van der Waals surface area contributed by atoms with E-state index < -0.39 is 0 Å². The van der Waals surface area contributed by atoms with E-state index >= 15 is 0 Å². The first-order chi connectivity index (χ1) is 39.1. The monoisotopic (exact) mass is 1390 g/mol. The van der Waals surface area contributed by atoms with Gasteiger partial charge in [-0.2, -0.15) is 5.56 Å². The van der Waals surface area contributed by atoms with Gasteiger partial charge in [-0.25, -0.2) is 17.7 Å². The maximum Gasteiger partial charge on any atom is 3.00 e. The largest absolute Gasteiger partial charge is 3.00 e. The van der Waals surface area contributed by atoms with E-state index in [2.05, 4.69) is 191 Å². The quantitative estimate of drug-likeness (QED) is 0.107. The smallest absolute Gasteiger partial charge is 0.423 e. The van der Waals surface area contributed by atoms with E-state index in [1.54, 1.807) is 12.3 Å². The van der Waals surface area contributed by atoms with Crippen LogP contribution in [-0.2, 0) is 41.2 Å². The molecule has 0 atom stereocenters. The van der Waals surface area contributed by atoms with Crippen molar-refractivity contribution in [3.8, 4) is 135 Å². The maximum atomic E-state index is 6.23. The van der Waals surface area contributed by atoms with Crippen LogP contribution in [0, 0.1) is 30.3 Å². The Morgan fingerprint density at radius 2 is 0.704 bits per heavy atom. The number of rotatable bonds is 13. The summed E-state index contributed by atoms with van der Waals surface area (Å²) in [6.45, 7) is 0. The zero-order valence-corrected chi connectivity index (χ0v) is 47.9. The Morgan fingerprint density at radius 3 is 1.19 bits per heavy atom. The van der Waals surface area contributed by atoms with Crippen molar-refractivity contribution in [3.05, 3.63) is 298 Å². The van der Waals surface area contributed by atoms with E-state index in [0.29, 0.717) is 23.1 Å². The molecule has 0 saturated carbocycles. The molecule has 0 fully saturated rings. The number of pyridine rings is 3. The second kappa shape index (κ2) is 24.8. The Morgan fingerprint density at radius 1 is 0.284 bits per heavy atom. The van der Waals surface area contributed by atoms with E-state index in [4.69, 9.17) is 14.7 Å². The van der Waals surface area contributed by atoms with Gasteiger partial charge in [-0.15, -0.1) is 89.5 Å². The first-order valence-corrected chi connectivity index (χ1v) is 25.9. The first-order valence-electron chi connectivity index (χ1n) is 25.9. The molecule has 13 rings (SSSR count). The second-order valence-electron chi connectivity index (χ2n) is 18.8. The van der Waals surface area contributed by atoms with Crippen LogP contribution < -0.4 is 4.74 Å². The third-order valence-electron chi connectivity index (χ3n) is 13.8. The number of hydrogen-bond acceptors (Lipinski definition) is 6. The van der Waals surface area contributed by atoms with Gasteiger partial charge in [0.2, 0.25) is 11.8 Å². The Balaban J connectivity index is 0.00000345. The predicted molar refractivity (Wildman–Crippen MR) is 316 cm³/mol. The minimum atomic E-state index is 0. The summed E-state index contributed by atoms with van der Waals surface area (Å²) in [5, 5.41) is 0. The van der Waals surface area contributed by atoms with Crippen molar-refractivity contribution in [2.24, 2.45) is 0 Å². The average molecular weight is 1390 g/mol. The summed E-state index contributed by atoms with van der Waals surface area (Å²) in [6.07, 6.45) is 5.30. The number of hydrogen-bond donors (Lipinski definition) is 0. The Kier molecular flexibility index (Phi) is 16.4. The fourth-order valence-corrected chi connectivity index (χ4v) is 9.91. The molecule has 0 aliphatic heterocycles. The van der Waals surface area contributed by atoms with Crippen molar-refractivity contribution >= 4 is 0 Å². The molecule has 9 aromatic carbocycles. The van der Waals surface area contributed by atoms with E-state index in [9.17, 15) is 0 Å². The van der Waals surface area contributed by atoms with E-state index in [1.165, 1.54) is 0 Å². The van der Waals surface area contributed by atoms with Gasteiger partial charge in [0.25, 0.3) is 0 Å². The zero-order chi connectivity index (χ0) is 52.7. The molecule has 0 aliphatic rings. The van der Waals surface area contributed by atoms with Crippen LogP contribution in [0.3, 0.4) is 0 Å². The number of benzene rings is 9. The van der Waals surface area contributed by atoms with Crippen LogP contribution in [0.15, 0.2) is 267 Å². The summed E-state index contributed by atoms with van der Waals surface area (Å²) < 4.78 is 6.23. The van der Waals surface area contributed by atoms with Crippen LogP contribution >= 0.6 is 0 Å². The molecule has 386 valence electrons. The van der Waals surface area contributed by atoms with E-state index in [1.807, 2.05) is 109 Å². The third kappa shape index (κ3) is 11.8. The molecule has 4 aromatic heterocycles. The molecule has 4 heterocycles. The minimum Gasteiger partial charge on any atom is -0.423 e. The van der Waals surface area contributed by atoms with Gasteiger partial charge in [0.15, 0.2) is 0 Å². The molecule has 0 saturated heterocycles. The SMILES string of the molecule is [Ir+3].[Pt+2].[c-]1cc(-c2ccccc2-c2cc(-c3ccccc3-c3c[c-]c(-c4ccccn4)cc3)cc(-c3ccccc3-c3c[c-]c(-c4ccccn4)cc3)c2)c[c-]c1-c1nccc(Oc2cccc(-c3[c-]cc(-c4ccccc4)cc3)n2)n1. The van der Waals surface area contributed by atoms with Crippen molar-refractivity contribution in [3.63, 3.8) is 0 Å². The van der Waals surface area contributed by atoms with Crippen molar-refractivity contribution in [2.75, 3.05) is 0 Å². The molecule has 0 aliphatic carbocycles. The molecule has 0 amide bonds. The van der Waals surface area contributed by atoms with Crippen molar-refractivity contribution < 1.29 is 45.9 Å². The minimum absolute atomic E-state index is 0. The van der Waals surface area contributed by atoms with Crippen molar-refractivity contribution in [2.45, 2.75) is 0 Å². The van der Waals surface area contributed by atoms with Crippen LogP contribution in [0.5, 0.6) is 11.8 Å². The Hall–Kier alpha value is -9.35. The van der Waals surface area contributed by atoms with Gasteiger partial charge in [-0.05, 0) is 92.7 Å². The molecule has 81 heavy (non-hydrogen) atoms. The zero-order valence-electron chi connectivity index (χ0n) is 43.2. The third-order valence-corrected chi connectivity index (χ3v) is 13.8. The summed E-state index contributed by atoms with van der Waals surface area (Å²) in [7, 11) is 0. The Labute approximate surface area is 499 Å². The molecule has 0 N–H and O–H groups in total. The van der Waals surface area contributed by atoms with Gasteiger partial charge in [0.1, 0.15) is 0 Å². The van der Waals surface area contributed by atoms with Gasteiger partial charge in [-0.1, -0.05) is 178 Å². The van der Waals surface area contributed by atoms with Crippen LogP contribution in [0.1, 0.15) is 0 Å². The summed E-state index contributed by atoms with van der Waals surface area (Å²) in [6, 6.07) is 102. The topological polar surface area (TPSA) is 73.7 Å². The van der Waals surface area contributed by atoms with Gasteiger partial charge >= 0.3 is 41.2 Å². The number of ether oxygens (including phenoxy) is 1. The standard InChI is InChI=1S/C73H44N5O.Ir.Pt/c1-2-15-50(16-3-1)51-27-35-57(36-28-51)70-25-14-26-71(77-70)79-72-43-46-76-73(78-72)58-41-33-54(34-42-58)64-19-6-9-22-67(64)61-48-59(65-20-7-4-17-62(65)52-29-37-55(38-30-52)68-23-10-12-44-74-68)47-60(49-61)66-21-8-5-18-63(66)53-31-39-56(40-32-53)69-24-11-13-45-75-69;;/h1-35,37,39,43-49H;;/q-5;+3;+2. The van der Waals surface area contributed by atoms with Crippen LogP contribution in [-0.4, -0.2) is 24.9 Å². The summed E-state index contributed by atoms with van der Waals surface area (Å²) in [5.74, 6) is 1.19. The molecule has 0 unspecified atom stereocenters. The van der Waals surface area contributed by atoms with Crippen molar-refractivity contribution in [1.82, 2.24) is 24.9 Å². The van der Waals surface area contributed by atoms with Gasteiger partial charge in [-0.3, -0.25) is 22.1 Å². The van der Waals surface area contributed by atoms with Crippen LogP contribution in [0.25, 0.3) is 123 Å². The molecular weight excluding hydrogens is 1350 g/mol. The second-order valence-corrected chi connectivity index (χ2v) is 18.8. The van der Waals surface area contributed by atoms with E-state index in [-0.39, 0.29) is 41.2 Å². The summed E-state index contributed by atoms with van der Waals surface area (Å²) in [5.41, 5.74) is 20.8. The molecular formula is C73H44IrN5OPt. The van der Waals surface area contributed by atoms with Crippen molar-refractivity contribution in [1.29, 1.82) is 0 Å². The fraction of sp³-hybridized carbons (Fsp3) is 0. The van der Waals surface area contributed by atoms with Gasteiger partial charge in [0.05, 0.1) is 0 Å². The number of aromatic nitrogens is 5. The molecule has 6 nitrogen and oxygen atoms in total. The molecule has 0 spiro atoms. The summed E-state index contributed by atoms with van der Waals surface area (Å²) >= 11 is 0. The predicted octanol–water partition coefficient (Wildman–Crippen LogP) is 17.8. The first kappa shape index (κ1) is 53.6. The molecule has 0 radical (unpaired) electrons. The maximum absolute atomic E-state index is 6.23. The fourth-order valence-electron chi connectivity index (χ4n) is 9.91. The molecule has 8 heteroatoms. The van der Waals surface area contributed by atoms with Crippen LogP contribution in [0.4, 0.5) is 0 Å². The average Bonchev–Trinajstić information content (AvgIpc) is 3.59. The van der Waals surface area contributed by atoms with Crippen LogP contribution in [0.2, 0.25) is 0 Å². The Bertz CT molecular complexity index is 4100. The number of nitrogens with zero attached hydrogens (tertiary/aromatic N) is 5. The molecule has 13 aromatic rings. The van der Waals surface area contributed by atoms with E-state index in [0.717, 1.165) is 112 Å². The molecule has 0 bridgehead atoms. The normalized spacial score (nSPS) is 10.8. The van der Waals surface area contributed by atoms with Gasteiger partial charge in [0, 0.05) is 24.7 Å².